The number of tetrazole rings is 1. The molecule has 2 aromatic carbocycles. The predicted molar refractivity (Wildman–Crippen MR) is 112 cm³/mol. The van der Waals surface area contributed by atoms with Gasteiger partial charge in [0.15, 0.2) is 0 Å². The van der Waals surface area contributed by atoms with Crippen molar-refractivity contribution >= 4 is 29.3 Å². The highest BCUT2D eigenvalue weighted by molar-refractivity contribution is 8.00. The zero-order chi connectivity index (χ0) is 19.9. The van der Waals surface area contributed by atoms with Gasteiger partial charge in [-0.3, -0.25) is 4.79 Å². The summed E-state index contributed by atoms with van der Waals surface area (Å²) in [4.78, 5) is 12.6. The van der Waals surface area contributed by atoms with Crippen molar-refractivity contribution in [3.8, 4) is 5.69 Å². The molecule has 28 heavy (non-hydrogen) atoms. The van der Waals surface area contributed by atoms with Crippen LogP contribution in [-0.4, -0.2) is 37.4 Å². The fraction of sp³-hybridized carbons (Fsp3) is 0.300. The molecule has 1 heterocycles. The van der Waals surface area contributed by atoms with Gasteiger partial charge in [-0.15, -0.1) is 5.10 Å². The first-order chi connectivity index (χ1) is 13.5. The summed E-state index contributed by atoms with van der Waals surface area (Å²) in [5, 5.41) is 15.7. The van der Waals surface area contributed by atoms with Crippen LogP contribution in [-0.2, 0) is 11.2 Å². The van der Waals surface area contributed by atoms with Crippen molar-refractivity contribution in [2.75, 3.05) is 0 Å². The van der Waals surface area contributed by atoms with Gasteiger partial charge in [0.05, 0.1) is 10.9 Å². The smallest absolute Gasteiger partial charge is 0.233 e. The number of aryl methyl sites for hydroxylation is 1. The lowest BCUT2D eigenvalue weighted by molar-refractivity contribution is -0.120. The van der Waals surface area contributed by atoms with E-state index in [2.05, 4.69) is 33.0 Å². The lowest BCUT2D eigenvalue weighted by Gasteiger charge is -2.17. The number of carbonyl (C=O) groups is 1. The van der Waals surface area contributed by atoms with Crippen LogP contribution in [0.4, 0.5) is 0 Å². The molecule has 0 fully saturated rings. The quantitative estimate of drug-likeness (QED) is 0.564. The molecule has 0 aliphatic heterocycles. The molecule has 1 N–H and O–H groups in total. The Balaban J connectivity index is 1.54. The second-order valence-corrected chi connectivity index (χ2v) is 8.29. The van der Waals surface area contributed by atoms with E-state index in [-0.39, 0.29) is 17.2 Å². The molecule has 1 amide bonds. The van der Waals surface area contributed by atoms with Crippen LogP contribution in [0.2, 0.25) is 5.02 Å². The van der Waals surface area contributed by atoms with Crippen LogP contribution in [0.25, 0.3) is 5.69 Å². The van der Waals surface area contributed by atoms with Crippen molar-refractivity contribution in [3.05, 3.63) is 65.2 Å². The lowest BCUT2D eigenvalue weighted by Crippen LogP contribution is -2.38. The first-order valence-corrected chi connectivity index (χ1v) is 10.3. The SMILES string of the molecule is CC(CCc1ccccc1)NC(=O)C(C)Sc1nnnn1-c1ccc(Cl)cc1. The molecule has 2 unspecified atom stereocenters. The number of rotatable bonds is 8. The van der Waals surface area contributed by atoms with Gasteiger partial charge in [-0.2, -0.15) is 4.68 Å². The maximum Gasteiger partial charge on any atom is 0.233 e. The Hall–Kier alpha value is -2.38. The summed E-state index contributed by atoms with van der Waals surface area (Å²) in [5.41, 5.74) is 2.06. The number of nitrogens with one attached hydrogen (secondary N) is 1. The third kappa shape index (κ3) is 5.56. The van der Waals surface area contributed by atoms with Crippen molar-refractivity contribution in [1.29, 1.82) is 0 Å². The summed E-state index contributed by atoms with van der Waals surface area (Å²) in [6.07, 6.45) is 1.81. The van der Waals surface area contributed by atoms with Gasteiger partial charge in [0, 0.05) is 11.1 Å². The minimum absolute atomic E-state index is 0.0313. The van der Waals surface area contributed by atoms with Gasteiger partial charge in [0.2, 0.25) is 11.1 Å². The van der Waals surface area contributed by atoms with Crippen LogP contribution >= 0.6 is 23.4 Å². The summed E-state index contributed by atoms with van der Waals surface area (Å²) < 4.78 is 1.60. The number of carbonyl (C=O) groups excluding carboxylic acids is 1. The fourth-order valence-electron chi connectivity index (χ4n) is 2.67. The van der Waals surface area contributed by atoms with Crippen LogP contribution in [0.15, 0.2) is 59.8 Å². The Labute approximate surface area is 173 Å². The van der Waals surface area contributed by atoms with Crippen molar-refractivity contribution in [1.82, 2.24) is 25.5 Å². The molecule has 2 atom stereocenters. The van der Waals surface area contributed by atoms with Crippen LogP contribution < -0.4 is 5.32 Å². The Kier molecular flexibility index (Phi) is 7.06. The second-order valence-electron chi connectivity index (χ2n) is 6.54. The monoisotopic (exact) mass is 415 g/mol. The first-order valence-electron chi connectivity index (χ1n) is 9.08. The summed E-state index contributed by atoms with van der Waals surface area (Å²) in [5.74, 6) is -0.0313. The number of thioether (sulfide) groups is 1. The van der Waals surface area contributed by atoms with E-state index in [1.807, 2.05) is 44.2 Å². The zero-order valence-corrected chi connectivity index (χ0v) is 17.3. The predicted octanol–water partition coefficient (Wildman–Crippen LogP) is 3.93. The largest absolute Gasteiger partial charge is 0.353 e. The lowest BCUT2D eigenvalue weighted by atomic mass is 10.1. The molecule has 0 spiro atoms. The topological polar surface area (TPSA) is 72.7 Å². The molecule has 6 nitrogen and oxygen atoms in total. The van der Waals surface area contributed by atoms with E-state index in [0.717, 1.165) is 18.5 Å². The minimum atomic E-state index is -0.323. The average Bonchev–Trinajstić information content (AvgIpc) is 3.16. The van der Waals surface area contributed by atoms with E-state index < -0.39 is 0 Å². The van der Waals surface area contributed by atoms with E-state index in [4.69, 9.17) is 11.6 Å². The third-order valence-electron chi connectivity index (χ3n) is 4.26. The van der Waals surface area contributed by atoms with Crippen molar-refractivity contribution < 1.29 is 4.79 Å². The molecule has 0 saturated heterocycles. The van der Waals surface area contributed by atoms with Gasteiger partial charge in [-0.25, -0.2) is 0 Å². The van der Waals surface area contributed by atoms with E-state index in [1.165, 1.54) is 17.3 Å². The van der Waals surface area contributed by atoms with Crippen LogP contribution in [0.5, 0.6) is 0 Å². The maximum atomic E-state index is 12.6. The van der Waals surface area contributed by atoms with Gasteiger partial charge in [-0.05, 0) is 66.9 Å². The number of halogens is 1. The molecule has 0 radical (unpaired) electrons. The molecule has 3 rings (SSSR count). The molecular weight excluding hydrogens is 394 g/mol. The molecule has 146 valence electrons. The van der Waals surface area contributed by atoms with Crippen molar-refractivity contribution in [2.24, 2.45) is 0 Å². The minimum Gasteiger partial charge on any atom is -0.353 e. The molecule has 1 aromatic heterocycles. The standard InChI is InChI=1S/C20H22ClN5OS/c1-14(8-9-16-6-4-3-5-7-16)22-19(27)15(2)28-20-23-24-25-26(20)18-12-10-17(21)11-13-18/h3-7,10-15H,8-9H2,1-2H3,(H,22,27). The van der Waals surface area contributed by atoms with E-state index in [9.17, 15) is 4.79 Å². The number of aromatic nitrogens is 4. The van der Waals surface area contributed by atoms with Crippen LogP contribution in [0, 0.1) is 0 Å². The highest BCUT2D eigenvalue weighted by Gasteiger charge is 2.20. The van der Waals surface area contributed by atoms with E-state index in [1.54, 1.807) is 16.8 Å². The molecule has 0 aliphatic rings. The van der Waals surface area contributed by atoms with Gasteiger partial charge >= 0.3 is 0 Å². The van der Waals surface area contributed by atoms with Gasteiger partial charge in [0.25, 0.3) is 0 Å². The Morgan fingerprint density at radius 3 is 2.57 bits per heavy atom. The number of amides is 1. The summed E-state index contributed by atoms with van der Waals surface area (Å²) in [6, 6.07) is 17.6. The van der Waals surface area contributed by atoms with Crippen molar-refractivity contribution in [3.63, 3.8) is 0 Å². The fourth-order valence-corrected chi connectivity index (χ4v) is 3.61. The third-order valence-corrected chi connectivity index (χ3v) is 5.55. The van der Waals surface area contributed by atoms with Crippen molar-refractivity contribution in [2.45, 2.75) is 43.1 Å². The zero-order valence-electron chi connectivity index (χ0n) is 15.7. The van der Waals surface area contributed by atoms with Crippen LogP contribution in [0.3, 0.4) is 0 Å². The molecular formula is C20H22ClN5OS. The molecule has 0 aliphatic carbocycles. The number of hydrogen-bond donors (Lipinski definition) is 1. The molecule has 0 saturated carbocycles. The summed E-state index contributed by atoms with van der Waals surface area (Å²) >= 11 is 7.26. The highest BCUT2D eigenvalue weighted by Crippen LogP contribution is 2.23. The second kappa shape index (κ2) is 9.71. The number of hydrogen-bond acceptors (Lipinski definition) is 5. The van der Waals surface area contributed by atoms with E-state index >= 15 is 0 Å². The average molecular weight is 416 g/mol. The van der Waals surface area contributed by atoms with Gasteiger partial charge in [0.1, 0.15) is 0 Å². The van der Waals surface area contributed by atoms with Gasteiger partial charge < -0.3 is 5.32 Å². The van der Waals surface area contributed by atoms with E-state index in [0.29, 0.717) is 10.2 Å². The number of benzene rings is 2. The summed E-state index contributed by atoms with van der Waals surface area (Å²) in [6.45, 7) is 3.88. The Morgan fingerprint density at radius 2 is 1.86 bits per heavy atom. The summed E-state index contributed by atoms with van der Waals surface area (Å²) in [7, 11) is 0. The molecule has 0 bridgehead atoms. The number of nitrogens with zero attached hydrogens (tertiary/aromatic N) is 4. The Bertz CT molecular complexity index is 900. The van der Waals surface area contributed by atoms with Crippen LogP contribution in [0.1, 0.15) is 25.8 Å². The Morgan fingerprint density at radius 1 is 1.14 bits per heavy atom. The first kappa shape index (κ1) is 20.4. The maximum absolute atomic E-state index is 12.6. The normalized spacial score (nSPS) is 13.1. The highest BCUT2D eigenvalue weighted by atomic mass is 35.5. The molecule has 8 heteroatoms. The molecule has 3 aromatic rings. The van der Waals surface area contributed by atoms with Gasteiger partial charge in [-0.1, -0.05) is 53.7 Å².